The largest absolute Gasteiger partial charge is 0.464 e. The third-order valence-corrected chi connectivity index (χ3v) is 5.99. The lowest BCUT2D eigenvalue weighted by Crippen LogP contribution is -2.44. The third-order valence-electron chi connectivity index (χ3n) is 5.99. The smallest absolute Gasteiger partial charge is 0.410 e. The minimum atomic E-state index is -1.09. The molecule has 1 aliphatic rings. The summed E-state index contributed by atoms with van der Waals surface area (Å²) in [4.78, 5) is 52.0. The number of hydrogen-bond acceptors (Lipinski definition) is 6. The van der Waals surface area contributed by atoms with Crippen molar-refractivity contribution in [1.82, 2.24) is 4.90 Å². The molecule has 1 saturated heterocycles. The van der Waals surface area contributed by atoms with E-state index >= 15 is 0 Å². The van der Waals surface area contributed by atoms with E-state index in [0.29, 0.717) is 11.8 Å². The Kier molecular flexibility index (Phi) is 8.35. The van der Waals surface area contributed by atoms with Gasteiger partial charge in [0.15, 0.2) is 5.78 Å². The lowest BCUT2D eigenvalue weighted by Gasteiger charge is -2.25. The lowest BCUT2D eigenvalue weighted by molar-refractivity contribution is -0.149. The molecule has 0 radical (unpaired) electrons. The minimum Gasteiger partial charge on any atom is -0.464 e. The molecular formula is C27H29NO6. The summed E-state index contributed by atoms with van der Waals surface area (Å²) >= 11 is 0. The summed E-state index contributed by atoms with van der Waals surface area (Å²) < 4.78 is 10.6. The molecule has 0 aromatic heterocycles. The van der Waals surface area contributed by atoms with Crippen LogP contribution in [-0.4, -0.2) is 48.2 Å². The quantitative estimate of drug-likeness (QED) is 0.313. The van der Waals surface area contributed by atoms with Crippen LogP contribution in [0.3, 0.4) is 0 Å². The van der Waals surface area contributed by atoms with Crippen LogP contribution in [0.5, 0.6) is 0 Å². The van der Waals surface area contributed by atoms with E-state index in [0.717, 1.165) is 16.7 Å². The Hall–Kier alpha value is -3.74. The van der Waals surface area contributed by atoms with Crippen LogP contribution in [0.25, 0.3) is 5.57 Å². The number of allylic oxidation sites excluding steroid dienone is 1. The highest BCUT2D eigenvalue weighted by atomic mass is 16.6. The van der Waals surface area contributed by atoms with Crippen molar-refractivity contribution in [2.75, 3.05) is 13.2 Å². The zero-order valence-corrected chi connectivity index (χ0v) is 19.4. The molecular weight excluding hydrogens is 434 g/mol. The van der Waals surface area contributed by atoms with Crippen LogP contribution < -0.4 is 0 Å². The van der Waals surface area contributed by atoms with Gasteiger partial charge in [-0.2, -0.15) is 0 Å². The molecule has 7 nitrogen and oxygen atoms in total. The number of Topliss-reactive ketones (excluding diaryl/α,β-unsaturated/α-hetero) is 1. The van der Waals surface area contributed by atoms with Crippen molar-refractivity contribution in [2.24, 2.45) is 11.8 Å². The Morgan fingerprint density at radius 2 is 1.68 bits per heavy atom. The first-order valence-electron chi connectivity index (χ1n) is 11.2. The van der Waals surface area contributed by atoms with Crippen molar-refractivity contribution in [3.8, 4) is 0 Å². The van der Waals surface area contributed by atoms with Crippen LogP contribution in [0.15, 0.2) is 61.2 Å². The van der Waals surface area contributed by atoms with Crippen LogP contribution in [0.4, 0.5) is 4.79 Å². The highest BCUT2D eigenvalue weighted by Crippen LogP contribution is 2.36. The van der Waals surface area contributed by atoms with Crippen molar-refractivity contribution in [3.63, 3.8) is 0 Å². The molecule has 1 fully saturated rings. The molecule has 2 aromatic rings. The molecule has 3 atom stereocenters. The maximum absolute atomic E-state index is 13.4. The molecule has 0 spiro atoms. The van der Waals surface area contributed by atoms with Gasteiger partial charge < -0.3 is 14.3 Å². The number of nitrogens with zero attached hydrogens (tertiary/aromatic N) is 1. The number of rotatable bonds is 9. The van der Waals surface area contributed by atoms with Gasteiger partial charge in [-0.3, -0.25) is 9.69 Å². The standard InChI is InChI=1S/C27H29NO6/c1-4-33-26(31)24-22(14-15-29)23(25(30)21-12-10-20(11-13-21)18(2)3)16-28(24)27(32)34-17-19-8-6-5-7-9-19/h5-13,15,22-24H,2,4,14,16-17H2,1,3H3/t22-,23-,24-/m0/s1. The number of benzene rings is 2. The first-order valence-corrected chi connectivity index (χ1v) is 11.2. The van der Waals surface area contributed by atoms with Crippen molar-refractivity contribution < 1.29 is 28.7 Å². The van der Waals surface area contributed by atoms with E-state index in [1.165, 1.54) is 4.90 Å². The number of ether oxygens (including phenoxy) is 2. The maximum atomic E-state index is 13.4. The second kappa shape index (κ2) is 11.4. The number of aldehydes is 1. The number of likely N-dealkylation sites (tertiary alicyclic amines) is 1. The van der Waals surface area contributed by atoms with E-state index in [4.69, 9.17) is 9.47 Å². The number of carbonyl (C=O) groups is 4. The number of amides is 1. The van der Waals surface area contributed by atoms with Gasteiger partial charge in [0, 0.05) is 30.4 Å². The van der Waals surface area contributed by atoms with Crippen molar-refractivity contribution in [1.29, 1.82) is 0 Å². The maximum Gasteiger partial charge on any atom is 0.410 e. The lowest BCUT2D eigenvalue weighted by atomic mass is 9.83. The van der Waals surface area contributed by atoms with Gasteiger partial charge in [-0.1, -0.05) is 66.7 Å². The fourth-order valence-electron chi connectivity index (χ4n) is 4.25. The van der Waals surface area contributed by atoms with E-state index in [2.05, 4.69) is 6.58 Å². The summed E-state index contributed by atoms with van der Waals surface area (Å²) in [5.74, 6) is -2.36. The molecule has 0 N–H and O–H groups in total. The van der Waals surface area contributed by atoms with Gasteiger partial charge in [0.05, 0.1) is 6.61 Å². The van der Waals surface area contributed by atoms with Crippen LogP contribution in [-0.2, 0) is 25.7 Å². The van der Waals surface area contributed by atoms with Crippen LogP contribution in [0.2, 0.25) is 0 Å². The summed E-state index contributed by atoms with van der Waals surface area (Å²) in [6.07, 6.45) is -0.127. The van der Waals surface area contributed by atoms with Gasteiger partial charge in [0.2, 0.25) is 0 Å². The monoisotopic (exact) mass is 463 g/mol. The molecule has 7 heteroatoms. The normalized spacial score (nSPS) is 19.4. The van der Waals surface area contributed by atoms with E-state index < -0.39 is 29.9 Å². The number of hydrogen-bond donors (Lipinski definition) is 0. The molecule has 2 aromatic carbocycles. The molecule has 34 heavy (non-hydrogen) atoms. The zero-order chi connectivity index (χ0) is 24.7. The second-order valence-corrected chi connectivity index (χ2v) is 8.28. The topological polar surface area (TPSA) is 90.0 Å². The van der Waals surface area contributed by atoms with Crippen molar-refractivity contribution >= 4 is 29.7 Å². The highest BCUT2D eigenvalue weighted by Gasteiger charge is 2.51. The average Bonchev–Trinajstić information content (AvgIpc) is 3.22. The van der Waals surface area contributed by atoms with Gasteiger partial charge in [-0.15, -0.1) is 0 Å². The minimum absolute atomic E-state index is 0.0189. The third kappa shape index (κ3) is 5.60. The number of carbonyl (C=O) groups excluding carboxylic acids is 4. The molecule has 1 amide bonds. The van der Waals surface area contributed by atoms with Gasteiger partial charge in [0.1, 0.15) is 18.9 Å². The van der Waals surface area contributed by atoms with Gasteiger partial charge in [0.25, 0.3) is 0 Å². The van der Waals surface area contributed by atoms with E-state index in [9.17, 15) is 19.2 Å². The molecule has 1 heterocycles. The van der Waals surface area contributed by atoms with Crippen LogP contribution in [0.1, 0.15) is 41.8 Å². The SMILES string of the molecule is C=C(C)c1ccc(C(=O)[C@H]2CN(C(=O)OCc3ccccc3)[C@H](C(=O)OCC)[C@H]2CC=O)cc1. The van der Waals surface area contributed by atoms with Gasteiger partial charge in [-0.05, 0) is 25.0 Å². The van der Waals surface area contributed by atoms with Crippen molar-refractivity contribution in [2.45, 2.75) is 32.9 Å². The number of esters is 1. The molecule has 3 rings (SSSR count). The van der Waals surface area contributed by atoms with Crippen LogP contribution in [0, 0.1) is 11.8 Å². The summed E-state index contributed by atoms with van der Waals surface area (Å²) in [7, 11) is 0. The molecule has 0 bridgehead atoms. The fraction of sp³-hybridized carbons (Fsp3) is 0.333. The molecule has 178 valence electrons. The Balaban J connectivity index is 1.87. The zero-order valence-electron chi connectivity index (χ0n) is 19.4. The van der Waals surface area contributed by atoms with Gasteiger partial charge in [-0.25, -0.2) is 9.59 Å². The predicted molar refractivity (Wildman–Crippen MR) is 127 cm³/mol. The van der Waals surface area contributed by atoms with Crippen LogP contribution >= 0.6 is 0 Å². The van der Waals surface area contributed by atoms with E-state index in [-0.39, 0.29) is 32.0 Å². The Bertz CT molecular complexity index is 1050. The molecule has 0 saturated carbocycles. The predicted octanol–water partition coefficient (Wildman–Crippen LogP) is 4.31. The van der Waals surface area contributed by atoms with Crippen molar-refractivity contribution in [3.05, 3.63) is 77.9 Å². The average molecular weight is 464 g/mol. The summed E-state index contributed by atoms with van der Waals surface area (Å²) in [5.41, 5.74) is 3.00. The van der Waals surface area contributed by atoms with E-state index in [1.54, 1.807) is 31.2 Å². The fourth-order valence-corrected chi connectivity index (χ4v) is 4.25. The van der Waals surface area contributed by atoms with Gasteiger partial charge >= 0.3 is 12.1 Å². The Morgan fingerprint density at radius 1 is 1.03 bits per heavy atom. The summed E-state index contributed by atoms with van der Waals surface area (Å²) in [6.45, 7) is 7.51. The molecule has 0 unspecified atom stereocenters. The first-order chi connectivity index (χ1) is 16.4. The Labute approximate surface area is 199 Å². The first kappa shape index (κ1) is 24.9. The summed E-state index contributed by atoms with van der Waals surface area (Å²) in [6, 6.07) is 15.0. The van der Waals surface area contributed by atoms with E-state index in [1.807, 2.05) is 37.3 Å². The highest BCUT2D eigenvalue weighted by molar-refractivity contribution is 6.00. The number of ketones is 1. The molecule has 0 aliphatic carbocycles. The molecule has 1 aliphatic heterocycles. The summed E-state index contributed by atoms with van der Waals surface area (Å²) in [5, 5.41) is 0. The Morgan fingerprint density at radius 3 is 2.26 bits per heavy atom. The second-order valence-electron chi connectivity index (χ2n) is 8.28.